The molecule has 0 amide bonds. The number of halogens is 5. The second-order valence-corrected chi connectivity index (χ2v) is 2.98. The molecule has 0 heterocycles. The maximum atomic E-state index is 12.0. The molecule has 0 aliphatic carbocycles. The van der Waals surface area contributed by atoms with Crippen molar-refractivity contribution in [3.63, 3.8) is 0 Å². The average Bonchev–Trinajstić information content (AvgIpc) is 1.85. The summed E-state index contributed by atoms with van der Waals surface area (Å²) in [7, 11) is 0. The molecular formula is C5H4F5NS. The molecule has 0 radical (unpaired) electrons. The molecule has 7 heteroatoms. The van der Waals surface area contributed by atoms with Crippen molar-refractivity contribution >= 4 is 11.8 Å². The normalized spacial score (nSPS) is 12.7. The van der Waals surface area contributed by atoms with E-state index in [4.69, 9.17) is 5.26 Å². The molecule has 0 spiro atoms. The van der Waals surface area contributed by atoms with Crippen LogP contribution in [0.2, 0.25) is 0 Å². The van der Waals surface area contributed by atoms with Crippen molar-refractivity contribution in [2.75, 3.05) is 5.75 Å². The second-order valence-electron chi connectivity index (χ2n) is 1.77. The summed E-state index contributed by atoms with van der Waals surface area (Å²) < 4.78 is 58.2. The Bertz CT molecular complexity index is 181. The molecule has 0 saturated carbocycles. The Kier molecular flexibility index (Phi) is 3.77. The molecule has 0 aromatic carbocycles. The van der Waals surface area contributed by atoms with Crippen molar-refractivity contribution < 1.29 is 22.0 Å². The molecule has 0 rings (SSSR count). The molecule has 70 valence electrons. The summed E-state index contributed by atoms with van der Waals surface area (Å²) in [5.41, 5.74) is 0. The lowest BCUT2D eigenvalue weighted by atomic mass is 10.6. The summed E-state index contributed by atoms with van der Waals surface area (Å²) in [4.78, 5) is 0. The fourth-order valence-electron chi connectivity index (χ4n) is 0.307. The molecule has 0 atom stereocenters. The molecule has 0 aliphatic heterocycles. The van der Waals surface area contributed by atoms with Gasteiger partial charge in [-0.15, -0.1) is 0 Å². The van der Waals surface area contributed by atoms with Gasteiger partial charge in [0, 0.05) is 12.2 Å². The first-order valence-corrected chi connectivity index (χ1v) is 3.75. The fraction of sp³-hybridized carbons (Fsp3) is 0.800. The van der Waals surface area contributed by atoms with Gasteiger partial charge >= 0.3 is 11.4 Å². The Hall–Kier alpha value is -0.510. The van der Waals surface area contributed by atoms with E-state index in [-0.39, 0.29) is 6.42 Å². The van der Waals surface area contributed by atoms with Gasteiger partial charge in [-0.1, -0.05) is 11.8 Å². The van der Waals surface area contributed by atoms with Gasteiger partial charge in [-0.2, -0.15) is 27.2 Å². The highest BCUT2D eigenvalue weighted by Gasteiger charge is 2.57. The molecule has 12 heavy (non-hydrogen) atoms. The Balaban J connectivity index is 3.98. The van der Waals surface area contributed by atoms with Crippen LogP contribution in [0, 0.1) is 11.3 Å². The number of thioether (sulfide) groups is 1. The Morgan fingerprint density at radius 3 is 2.00 bits per heavy atom. The lowest BCUT2D eigenvalue weighted by molar-refractivity contribution is -0.237. The van der Waals surface area contributed by atoms with E-state index in [1.807, 2.05) is 0 Å². The van der Waals surface area contributed by atoms with E-state index in [0.717, 1.165) is 0 Å². The van der Waals surface area contributed by atoms with E-state index >= 15 is 0 Å². The lowest BCUT2D eigenvalue weighted by Gasteiger charge is -2.17. The molecule has 0 saturated heterocycles. The van der Waals surface area contributed by atoms with Crippen molar-refractivity contribution in [1.29, 1.82) is 5.26 Å². The Morgan fingerprint density at radius 2 is 1.67 bits per heavy atom. The van der Waals surface area contributed by atoms with Crippen LogP contribution < -0.4 is 0 Å². The first-order valence-electron chi connectivity index (χ1n) is 2.76. The monoisotopic (exact) mass is 205 g/mol. The first kappa shape index (κ1) is 11.5. The zero-order valence-electron chi connectivity index (χ0n) is 5.66. The smallest absolute Gasteiger partial charge is 0.198 e. The number of hydrogen-bond donors (Lipinski definition) is 0. The predicted molar refractivity (Wildman–Crippen MR) is 33.7 cm³/mol. The number of nitriles is 1. The van der Waals surface area contributed by atoms with Crippen LogP contribution in [0.4, 0.5) is 22.0 Å². The van der Waals surface area contributed by atoms with Gasteiger partial charge in [0.2, 0.25) is 0 Å². The molecule has 0 aromatic heterocycles. The zero-order chi connectivity index (χ0) is 9.83. The van der Waals surface area contributed by atoms with Gasteiger partial charge in [0.15, 0.2) is 0 Å². The number of rotatable bonds is 3. The second kappa shape index (κ2) is 3.94. The third-order valence-electron chi connectivity index (χ3n) is 0.827. The van der Waals surface area contributed by atoms with E-state index in [1.54, 1.807) is 0 Å². The summed E-state index contributed by atoms with van der Waals surface area (Å²) in [5, 5.41) is 3.13. The van der Waals surface area contributed by atoms with Gasteiger partial charge in [0.05, 0.1) is 6.07 Å². The molecule has 0 aliphatic rings. The van der Waals surface area contributed by atoms with E-state index in [2.05, 4.69) is 0 Å². The molecule has 0 bridgehead atoms. The maximum absolute atomic E-state index is 12.0. The Morgan fingerprint density at radius 1 is 1.17 bits per heavy atom. The molecule has 0 fully saturated rings. The minimum atomic E-state index is -5.53. The zero-order valence-corrected chi connectivity index (χ0v) is 6.48. The lowest BCUT2D eigenvalue weighted by Crippen LogP contribution is -2.33. The van der Waals surface area contributed by atoms with Crippen LogP contribution >= 0.6 is 11.8 Å². The van der Waals surface area contributed by atoms with Gasteiger partial charge in [-0.3, -0.25) is 0 Å². The molecule has 1 nitrogen and oxygen atoms in total. The van der Waals surface area contributed by atoms with Crippen molar-refractivity contribution in [3.05, 3.63) is 0 Å². The summed E-state index contributed by atoms with van der Waals surface area (Å²) in [6.45, 7) is 0. The number of nitrogens with zero attached hydrogens (tertiary/aromatic N) is 1. The van der Waals surface area contributed by atoms with Gasteiger partial charge in [0.1, 0.15) is 0 Å². The topological polar surface area (TPSA) is 23.8 Å². The molecular weight excluding hydrogens is 201 g/mol. The molecule has 0 N–H and O–H groups in total. The molecule has 0 aromatic rings. The summed E-state index contributed by atoms with van der Waals surface area (Å²) >= 11 is -0.571. The quantitative estimate of drug-likeness (QED) is 0.522. The van der Waals surface area contributed by atoms with E-state index < -0.39 is 28.9 Å². The number of alkyl halides is 5. The highest BCUT2D eigenvalue weighted by atomic mass is 32.2. The Labute approximate surface area is 69.5 Å². The van der Waals surface area contributed by atoms with Crippen molar-refractivity contribution in [2.24, 2.45) is 0 Å². The highest BCUT2D eigenvalue weighted by Crippen LogP contribution is 2.44. The number of hydrogen-bond acceptors (Lipinski definition) is 2. The largest absolute Gasteiger partial charge is 0.464 e. The van der Waals surface area contributed by atoms with Gasteiger partial charge in [0.25, 0.3) is 0 Å². The van der Waals surface area contributed by atoms with Crippen molar-refractivity contribution in [3.8, 4) is 6.07 Å². The highest BCUT2D eigenvalue weighted by molar-refractivity contribution is 8.00. The average molecular weight is 205 g/mol. The standard InChI is InChI=1S/C5H4F5NS/c6-4(7,8)5(9,10)12-3-1-2-11/h1,3H2. The summed E-state index contributed by atoms with van der Waals surface area (Å²) in [6.07, 6.45) is -5.86. The van der Waals surface area contributed by atoms with E-state index in [1.165, 1.54) is 6.07 Å². The van der Waals surface area contributed by atoms with Crippen LogP contribution in [0.25, 0.3) is 0 Å². The van der Waals surface area contributed by atoms with Crippen LogP contribution in [0.3, 0.4) is 0 Å². The van der Waals surface area contributed by atoms with Crippen molar-refractivity contribution in [1.82, 2.24) is 0 Å². The predicted octanol–water partition coefficient (Wildman–Crippen LogP) is 2.79. The van der Waals surface area contributed by atoms with E-state index in [9.17, 15) is 22.0 Å². The SMILES string of the molecule is N#CCCSC(F)(F)C(F)(F)F. The van der Waals surface area contributed by atoms with Crippen LogP contribution in [0.15, 0.2) is 0 Å². The van der Waals surface area contributed by atoms with E-state index in [0.29, 0.717) is 0 Å². The van der Waals surface area contributed by atoms with Gasteiger partial charge in [-0.05, 0) is 0 Å². The summed E-state index contributed by atoms with van der Waals surface area (Å²) in [5.74, 6) is -0.525. The van der Waals surface area contributed by atoms with Crippen LogP contribution in [-0.2, 0) is 0 Å². The van der Waals surface area contributed by atoms with Crippen molar-refractivity contribution in [2.45, 2.75) is 17.9 Å². The first-order chi connectivity index (χ1) is 5.31. The van der Waals surface area contributed by atoms with Gasteiger partial charge < -0.3 is 0 Å². The van der Waals surface area contributed by atoms with Crippen LogP contribution in [0.1, 0.15) is 6.42 Å². The maximum Gasteiger partial charge on any atom is 0.464 e. The summed E-state index contributed by atoms with van der Waals surface area (Å²) in [6, 6.07) is 1.47. The fourth-order valence-corrected chi connectivity index (χ4v) is 0.920. The minimum Gasteiger partial charge on any atom is -0.198 e. The molecule has 0 unspecified atom stereocenters. The van der Waals surface area contributed by atoms with Crippen LogP contribution in [-0.4, -0.2) is 17.2 Å². The van der Waals surface area contributed by atoms with Gasteiger partial charge in [-0.25, -0.2) is 0 Å². The minimum absolute atomic E-state index is 0.323. The van der Waals surface area contributed by atoms with Crippen LogP contribution in [0.5, 0.6) is 0 Å². The third-order valence-corrected chi connectivity index (χ3v) is 1.83. The third kappa shape index (κ3) is 3.26.